The van der Waals surface area contributed by atoms with Crippen LogP contribution in [0.1, 0.15) is 76.0 Å². The molecule has 0 atom stereocenters. The second-order valence-corrected chi connectivity index (χ2v) is 15.4. The van der Waals surface area contributed by atoms with Gasteiger partial charge in [-0.25, -0.2) is 0 Å². The van der Waals surface area contributed by atoms with Crippen molar-refractivity contribution in [2.75, 3.05) is 11.9 Å². The lowest BCUT2D eigenvalue weighted by Gasteiger charge is -2.49. The van der Waals surface area contributed by atoms with Gasteiger partial charge in [-0.15, -0.1) is 0 Å². The zero-order valence-electron chi connectivity index (χ0n) is 27.2. The highest BCUT2D eigenvalue weighted by molar-refractivity contribution is 9.10. The summed E-state index contributed by atoms with van der Waals surface area (Å²) in [5.41, 5.74) is 6.92. The third-order valence-corrected chi connectivity index (χ3v) is 9.77. The minimum atomic E-state index is -0.459. The van der Waals surface area contributed by atoms with Crippen molar-refractivity contribution in [1.82, 2.24) is 4.90 Å². The Morgan fingerprint density at radius 3 is 2.07 bits per heavy atom. The van der Waals surface area contributed by atoms with Gasteiger partial charge < -0.3 is 15.0 Å². The van der Waals surface area contributed by atoms with Crippen molar-refractivity contribution in [3.8, 4) is 5.75 Å². The average molecular weight is 682 g/mol. The van der Waals surface area contributed by atoms with Crippen LogP contribution in [0.5, 0.6) is 5.75 Å². The third kappa shape index (κ3) is 6.61. The number of nitrogens with zero attached hydrogens (tertiary/aromatic N) is 1. The van der Waals surface area contributed by atoms with Crippen molar-refractivity contribution < 1.29 is 19.1 Å². The highest BCUT2D eigenvalue weighted by Crippen LogP contribution is 2.55. The largest absolute Gasteiger partial charge is 0.483 e. The number of hydrogen-bond donors (Lipinski definition) is 1. The number of carbonyl (C=O) groups is 3. The molecule has 3 aliphatic rings. The number of aryl methyl sites for hydroxylation is 1. The van der Waals surface area contributed by atoms with Crippen LogP contribution in [-0.4, -0.2) is 29.0 Å². The number of benzene rings is 3. The fourth-order valence-electron chi connectivity index (χ4n) is 7.21. The highest BCUT2D eigenvalue weighted by Gasteiger charge is 2.49. The molecule has 238 valence electrons. The number of rotatable bonds is 7. The molecule has 46 heavy (non-hydrogen) atoms. The van der Waals surface area contributed by atoms with E-state index in [1.807, 2.05) is 67.6 Å². The number of allylic oxidation sites excluding steroid dienone is 4. The van der Waals surface area contributed by atoms with Crippen LogP contribution in [0.2, 0.25) is 0 Å². The van der Waals surface area contributed by atoms with E-state index >= 15 is 0 Å². The minimum Gasteiger partial charge on any atom is -0.483 e. The second-order valence-electron chi connectivity index (χ2n) is 14.5. The van der Waals surface area contributed by atoms with E-state index in [-0.39, 0.29) is 34.9 Å². The monoisotopic (exact) mass is 680 g/mol. The van der Waals surface area contributed by atoms with Gasteiger partial charge in [0.2, 0.25) is 0 Å². The molecular formula is C39H41BrN2O4. The summed E-state index contributed by atoms with van der Waals surface area (Å²) in [6.07, 6.45) is 2.37. The number of carbonyl (C=O) groups excluding carboxylic acids is 3. The van der Waals surface area contributed by atoms with Crippen molar-refractivity contribution in [2.45, 2.75) is 72.8 Å². The summed E-state index contributed by atoms with van der Waals surface area (Å²) >= 11 is 3.67. The van der Waals surface area contributed by atoms with Gasteiger partial charge in [-0.3, -0.25) is 14.4 Å². The predicted molar refractivity (Wildman–Crippen MR) is 184 cm³/mol. The first-order valence-electron chi connectivity index (χ1n) is 15.9. The molecule has 6 nitrogen and oxygen atoms in total. The smallest absolute Gasteiger partial charge is 0.262 e. The lowest BCUT2D eigenvalue weighted by molar-refractivity contribution is -0.120. The fourth-order valence-corrected chi connectivity index (χ4v) is 7.73. The first-order chi connectivity index (χ1) is 21.8. The Morgan fingerprint density at radius 1 is 0.848 bits per heavy atom. The van der Waals surface area contributed by atoms with Gasteiger partial charge in [0.05, 0.1) is 4.47 Å². The lowest BCUT2D eigenvalue weighted by atomic mass is 9.63. The molecule has 0 bridgehead atoms. The second kappa shape index (κ2) is 12.3. The summed E-state index contributed by atoms with van der Waals surface area (Å²) in [7, 11) is 0. The van der Waals surface area contributed by atoms with Crippen LogP contribution in [-0.2, 0) is 20.9 Å². The van der Waals surface area contributed by atoms with E-state index in [4.69, 9.17) is 4.74 Å². The normalized spacial score (nSPS) is 19.1. The first kappa shape index (κ1) is 32.0. The molecule has 7 heteroatoms. The number of ether oxygens (including phenoxy) is 1. The Bertz CT molecular complexity index is 1730. The number of anilines is 1. The van der Waals surface area contributed by atoms with Gasteiger partial charge in [-0.1, -0.05) is 76.2 Å². The van der Waals surface area contributed by atoms with Gasteiger partial charge in [-0.05, 0) is 87.5 Å². The van der Waals surface area contributed by atoms with Crippen molar-refractivity contribution in [2.24, 2.45) is 10.8 Å². The summed E-state index contributed by atoms with van der Waals surface area (Å²) in [4.78, 5) is 43.2. The Hall–Kier alpha value is -3.97. The van der Waals surface area contributed by atoms with Crippen molar-refractivity contribution in [3.63, 3.8) is 0 Å². The van der Waals surface area contributed by atoms with Crippen LogP contribution in [0.3, 0.4) is 0 Å². The van der Waals surface area contributed by atoms with Crippen LogP contribution in [0.25, 0.3) is 0 Å². The Morgan fingerprint density at radius 2 is 1.48 bits per heavy atom. The molecule has 0 aromatic heterocycles. The maximum atomic E-state index is 14.1. The molecular weight excluding hydrogens is 640 g/mol. The van der Waals surface area contributed by atoms with Crippen LogP contribution in [0.4, 0.5) is 5.69 Å². The molecule has 3 aromatic rings. The average Bonchev–Trinajstić information content (AvgIpc) is 2.96. The lowest BCUT2D eigenvalue weighted by Crippen LogP contribution is -2.44. The molecule has 1 amide bonds. The van der Waals surface area contributed by atoms with Gasteiger partial charge in [0.15, 0.2) is 18.2 Å². The summed E-state index contributed by atoms with van der Waals surface area (Å²) in [6.45, 7) is 11.0. The quantitative estimate of drug-likeness (QED) is 0.270. The summed E-state index contributed by atoms with van der Waals surface area (Å²) in [6, 6.07) is 23.6. The molecule has 0 saturated carbocycles. The molecule has 1 heterocycles. The number of nitrogens with one attached hydrogen (secondary N) is 1. The van der Waals surface area contributed by atoms with E-state index < -0.39 is 5.92 Å². The molecule has 0 saturated heterocycles. The van der Waals surface area contributed by atoms with E-state index in [0.717, 1.165) is 57.8 Å². The molecule has 1 N–H and O–H groups in total. The van der Waals surface area contributed by atoms with E-state index in [1.165, 1.54) is 0 Å². The van der Waals surface area contributed by atoms with E-state index in [0.29, 0.717) is 29.6 Å². The van der Waals surface area contributed by atoms with Crippen LogP contribution in [0, 0.1) is 17.8 Å². The maximum Gasteiger partial charge on any atom is 0.262 e. The number of ketones is 2. The van der Waals surface area contributed by atoms with Gasteiger partial charge in [0.25, 0.3) is 5.91 Å². The van der Waals surface area contributed by atoms with E-state index in [1.54, 1.807) is 0 Å². The van der Waals surface area contributed by atoms with Crippen molar-refractivity contribution in [1.29, 1.82) is 0 Å². The number of halogens is 1. The number of Topliss-reactive ketones (excluding diaryl/α,β-unsaturated/α-hetero) is 2. The maximum absolute atomic E-state index is 14.1. The number of amides is 1. The molecule has 0 spiro atoms. The van der Waals surface area contributed by atoms with Gasteiger partial charge in [0, 0.05) is 53.5 Å². The van der Waals surface area contributed by atoms with Crippen LogP contribution < -0.4 is 10.1 Å². The van der Waals surface area contributed by atoms with E-state index in [2.05, 4.69) is 66.0 Å². The summed E-state index contributed by atoms with van der Waals surface area (Å²) in [5.74, 6) is -0.00668. The van der Waals surface area contributed by atoms with Gasteiger partial charge in [-0.2, -0.15) is 0 Å². The van der Waals surface area contributed by atoms with Gasteiger partial charge in [0.1, 0.15) is 5.75 Å². The molecule has 0 fully saturated rings. The van der Waals surface area contributed by atoms with Crippen molar-refractivity contribution in [3.05, 3.63) is 116 Å². The SMILES string of the molecule is Cc1cccc(NC(=O)COc2ccc(C3C4=C(CC(C)(C)CC4=O)N(Cc4ccccc4)C4=C3C(=O)CC(C)(C)C4)cc2Br)c1. The topological polar surface area (TPSA) is 75.7 Å². The highest BCUT2D eigenvalue weighted by atomic mass is 79.9. The van der Waals surface area contributed by atoms with Crippen molar-refractivity contribution >= 4 is 39.1 Å². The summed E-state index contributed by atoms with van der Waals surface area (Å²) in [5, 5.41) is 2.87. The standard InChI is InChI=1S/C39H41BrN2O4/c1-24-10-9-13-27(16-24)41-34(45)23-46-33-15-14-26(17-28(33)40)35-36-29(18-38(2,3)20-31(36)43)42(22-25-11-7-6-8-12-25)30-19-39(4,5)21-32(44)37(30)35/h6-17,35H,18-23H2,1-5H3,(H,41,45). The molecule has 6 rings (SSSR count). The minimum absolute atomic E-state index is 0.0998. The van der Waals surface area contributed by atoms with E-state index in [9.17, 15) is 14.4 Å². The molecule has 0 unspecified atom stereocenters. The summed E-state index contributed by atoms with van der Waals surface area (Å²) < 4.78 is 6.58. The van der Waals surface area contributed by atoms with Crippen LogP contribution in [0.15, 0.2) is 99.8 Å². The third-order valence-electron chi connectivity index (χ3n) is 9.16. The Balaban J connectivity index is 1.37. The molecule has 0 radical (unpaired) electrons. The number of hydrogen-bond acceptors (Lipinski definition) is 5. The Kier molecular flexibility index (Phi) is 8.57. The first-order valence-corrected chi connectivity index (χ1v) is 16.7. The van der Waals surface area contributed by atoms with Gasteiger partial charge >= 0.3 is 0 Å². The van der Waals surface area contributed by atoms with Crippen LogP contribution >= 0.6 is 15.9 Å². The Labute approximate surface area is 280 Å². The zero-order chi connectivity index (χ0) is 32.8. The molecule has 1 aliphatic heterocycles. The molecule has 3 aromatic carbocycles. The zero-order valence-corrected chi connectivity index (χ0v) is 28.8. The molecule has 2 aliphatic carbocycles. The predicted octanol–water partition coefficient (Wildman–Crippen LogP) is 8.66. The fraction of sp³-hybridized carbons (Fsp3) is 0.359.